The zero-order chi connectivity index (χ0) is 14.0. The zero-order valence-corrected chi connectivity index (χ0v) is 11.4. The minimum absolute atomic E-state index is 0.352. The number of benzene rings is 1. The van der Waals surface area contributed by atoms with E-state index < -0.39 is 0 Å². The van der Waals surface area contributed by atoms with Gasteiger partial charge in [-0.2, -0.15) is 5.26 Å². The lowest BCUT2D eigenvalue weighted by atomic mass is 10.2. The van der Waals surface area contributed by atoms with Crippen molar-refractivity contribution in [2.45, 2.75) is 13.5 Å². The van der Waals surface area contributed by atoms with Crippen LogP contribution in [-0.2, 0) is 13.6 Å². The first-order valence-corrected chi connectivity index (χ1v) is 6.14. The van der Waals surface area contributed by atoms with E-state index in [1.54, 1.807) is 6.07 Å². The van der Waals surface area contributed by atoms with E-state index in [2.05, 4.69) is 11.4 Å². The molecular formula is C14H13ClFN3. The Bertz CT molecular complexity index is 635. The topological polar surface area (TPSA) is 40.8 Å². The summed E-state index contributed by atoms with van der Waals surface area (Å²) in [5, 5.41) is 12.4. The fraction of sp³-hybridized carbons (Fsp3) is 0.214. The molecule has 0 aliphatic heterocycles. The third-order valence-electron chi connectivity index (χ3n) is 3.10. The number of anilines is 1. The van der Waals surface area contributed by atoms with Crippen LogP contribution in [0, 0.1) is 24.1 Å². The van der Waals surface area contributed by atoms with Crippen LogP contribution in [0.15, 0.2) is 24.3 Å². The van der Waals surface area contributed by atoms with Gasteiger partial charge in [-0.05, 0) is 36.8 Å². The highest BCUT2D eigenvalue weighted by Crippen LogP contribution is 2.20. The van der Waals surface area contributed by atoms with Crippen molar-refractivity contribution in [3.05, 3.63) is 52.1 Å². The van der Waals surface area contributed by atoms with Gasteiger partial charge in [0.1, 0.15) is 17.6 Å². The number of hydrogen-bond donors (Lipinski definition) is 1. The second-order valence-corrected chi connectivity index (χ2v) is 4.76. The molecule has 0 atom stereocenters. The molecule has 0 fully saturated rings. The van der Waals surface area contributed by atoms with Crippen molar-refractivity contribution in [2.75, 3.05) is 5.32 Å². The molecule has 0 aliphatic rings. The Kier molecular flexibility index (Phi) is 3.77. The first-order valence-electron chi connectivity index (χ1n) is 5.76. The van der Waals surface area contributed by atoms with Crippen LogP contribution in [-0.4, -0.2) is 4.57 Å². The van der Waals surface area contributed by atoms with Crippen molar-refractivity contribution in [3.8, 4) is 6.07 Å². The molecule has 0 saturated carbocycles. The number of nitriles is 1. The van der Waals surface area contributed by atoms with Gasteiger partial charge in [0.15, 0.2) is 0 Å². The smallest absolute Gasteiger partial charge is 0.126 e. The summed E-state index contributed by atoms with van der Waals surface area (Å²) in [5.74, 6) is -0.377. The lowest BCUT2D eigenvalue weighted by Gasteiger charge is -2.07. The highest BCUT2D eigenvalue weighted by molar-refractivity contribution is 6.30. The van der Waals surface area contributed by atoms with E-state index >= 15 is 0 Å². The van der Waals surface area contributed by atoms with Crippen LogP contribution in [0.5, 0.6) is 0 Å². The number of nitrogens with zero attached hydrogens (tertiary/aromatic N) is 2. The Labute approximate surface area is 116 Å². The molecule has 0 saturated heterocycles. The van der Waals surface area contributed by atoms with Gasteiger partial charge in [0, 0.05) is 30.0 Å². The van der Waals surface area contributed by atoms with Crippen LogP contribution in [0.25, 0.3) is 0 Å². The molecule has 1 N–H and O–H groups in total. The Morgan fingerprint density at radius 1 is 1.37 bits per heavy atom. The van der Waals surface area contributed by atoms with E-state index in [9.17, 15) is 4.39 Å². The second-order valence-electron chi connectivity index (χ2n) is 4.32. The summed E-state index contributed by atoms with van der Waals surface area (Å²) in [4.78, 5) is 0. The lowest BCUT2D eigenvalue weighted by molar-refractivity contribution is 0.628. The van der Waals surface area contributed by atoms with Crippen LogP contribution in [0.4, 0.5) is 10.1 Å². The maximum absolute atomic E-state index is 13.2. The maximum Gasteiger partial charge on any atom is 0.126 e. The number of aromatic nitrogens is 1. The summed E-state index contributed by atoms with van der Waals surface area (Å²) < 4.78 is 15.0. The molecule has 1 aromatic carbocycles. The molecule has 3 nitrogen and oxygen atoms in total. The number of halogens is 2. The first-order chi connectivity index (χ1) is 9.01. The summed E-state index contributed by atoms with van der Waals surface area (Å²) >= 11 is 5.79. The second kappa shape index (κ2) is 5.33. The van der Waals surface area contributed by atoms with Gasteiger partial charge in [0.05, 0.1) is 0 Å². The SMILES string of the molecule is Cc1c(CNc2cc(F)cc(Cl)c2)cc(C#N)n1C. The van der Waals surface area contributed by atoms with E-state index in [0.717, 1.165) is 11.3 Å². The predicted octanol–water partition coefficient (Wildman–Crippen LogP) is 3.61. The standard InChI is InChI=1S/C14H13ClFN3/c1-9-10(3-14(7-17)19(9)2)8-18-13-5-11(15)4-12(16)6-13/h3-6,18H,8H2,1-2H3. The number of rotatable bonds is 3. The fourth-order valence-electron chi connectivity index (χ4n) is 1.90. The largest absolute Gasteiger partial charge is 0.381 e. The average Bonchev–Trinajstić information content (AvgIpc) is 2.62. The summed E-state index contributed by atoms with van der Waals surface area (Å²) in [5.41, 5.74) is 3.23. The molecule has 0 spiro atoms. The first kappa shape index (κ1) is 13.4. The Balaban J connectivity index is 2.17. The Hall–Kier alpha value is -1.99. The summed E-state index contributed by atoms with van der Waals surface area (Å²) in [7, 11) is 1.84. The molecule has 1 heterocycles. The monoisotopic (exact) mass is 277 g/mol. The van der Waals surface area contributed by atoms with Crippen LogP contribution in [0.1, 0.15) is 17.0 Å². The van der Waals surface area contributed by atoms with Crippen molar-refractivity contribution in [1.82, 2.24) is 4.57 Å². The van der Waals surface area contributed by atoms with Crippen LogP contribution in [0.3, 0.4) is 0 Å². The maximum atomic E-state index is 13.2. The van der Waals surface area contributed by atoms with Crippen molar-refractivity contribution < 1.29 is 4.39 Å². The van der Waals surface area contributed by atoms with Gasteiger partial charge in [-0.1, -0.05) is 11.6 Å². The van der Waals surface area contributed by atoms with Crippen molar-refractivity contribution in [3.63, 3.8) is 0 Å². The average molecular weight is 278 g/mol. The van der Waals surface area contributed by atoms with Crippen molar-refractivity contribution in [2.24, 2.45) is 7.05 Å². The Morgan fingerprint density at radius 2 is 2.11 bits per heavy atom. The molecule has 0 radical (unpaired) electrons. The van der Waals surface area contributed by atoms with Crippen LogP contribution in [0.2, 0.25) is 5.02 Å². The molecule has 5 heteroatoms. The van der Waals surface area contributed by atoms with Gasteiger partial charge in [0.2, 0.25) is 0 Å². The third-order valence-corrected chi connectivity index (χ3v) is 3.32. The van der Waals surface area contributed by atoms with Gasteiger partial charge in [-0.3, -0.25) is 0 Å². The molecule has 0 unspecified atom stereocenters. The third kappa shape index (κ3) is 2.88. The van der Waals surface area contributed by atoms with Gasteiger partial charge < -0.3 is 9.88 Å². The van der Waals surface area contributed by atoms with Crippen molar-refractivity contribution >= 4 is 17.3 Å². The molecule has 19 heavy (non-hydrogen) atoms. The molecule has 0 amide bonds. The molecule has 98 valence electrons. The highest BCUT2D eigenvalue weighted by atomic mass is 35.5. The van der Waals surface area contributed by atoms with E-state index in [-0.39, 0.29) is 5.82 Å². The number of hydrogen-bond acceptors (Lipinski definition) is 2. The van der Waals surface area contributed by atoms with Crippen molar-refractivity contribution in [1.29, 1.82) is 5.26 Å². The van der Waals surface area contributed by atoms with Gasteiger partial charge >= 0.3 is 0 Å². The van der Waals surface area contributed by atoms with E-state index in [0.29, 0.717) is 22.9 Å². The van der Waals surface area contributed by atoms with Gasteiger partial charge in [-0.15, -0.1) is 0 Å². The van der Waals surface area contributed by atoms with E-state index in [4.69, 9.17) is 16.9 Å². The lowest BCUT2D eigenvalue weighted by Crippen LogP contribution is -2.01. The van der Waals surface area contributed by atoms with E-state index in [1.165, 1.54) is 12.1 Å². The molecule has 1 aromatic heterocycles. The molecular weight excluding hydrogens is 265 g/mol. The Morgan fingerprint density at radius 3 is 2.68 bits per heavy atom. The van der Waals surface area contributed by atoms with E-state index in [1.807, 2.05) is 24.6 Å². The van der Waals surface area contributed by atoms with Gasteiger partial charge in [-0.25, -0.2) is 4.39 Å². The molecule has 2 aromatic rings. The zero-order valence-electron chi connectivity index (χ0n) is 10.7. The predicted molar refractivity (Wildman–Crippen MR) is 73.6 cm³/mol. The quantitative estimate of drug-likeness (QED) is 0.931. The van der Waals surface area contributed by atoms with Crippen LogP contribution < -0.4 is 5.32 Å². The molecule has 2 rings (SSSR count). The normalized spacial score (nSPS) is 10.3. The number of nitrogens with one attached hydrogen (secondary N) is 1. The molecule has 0 bridgehead atoms. The van der Waals surface area contributed by atoms with Crippen LogP contribution >= 0.6 is 11.6 Å². The highest BCUT2D eigenvalue weighted by Gasteiger charge is 2.08. The van der Waals surface area contributed by atoms with Gasteiger partial charge in [0.25, 0.3) is 0 Å². The molecule has 0 aliphatic carbocycles. The fourth-order valence-corrected chi connectivity index (χ4v) is 2.12. The minimum atomic E-state index is -0.377. The summed E-state index contributed by atoms with van der Waals surface area (Å²) in [6.45, 7) is 2.46. The minimum Gasteiger partial charge on any atom is -0.381 e. The summed E-state index contributed by atoms with van der Waals surface area (Å²) in [6, 6.07) is 8.25. The summed E-state index contributed by atoms with van der Waals surface area (Å²) in [6.07, 6.45) is 0.